The van der Waals surface area contributed by atoms with E-state index in [1.807, 2.05) is 12.3 Å². The number of fused-ring (bicyclic) bond motifs is 3. The van der Waals surface area contributed by atoms with Gasteiger partial charge in [0.15, 0.2) is 0 Å². The van der Waals surface area contributed by atoms with Gasteiger partial charge in [-0.15, -0.1) is 0 Å². The lowest BCUT2D eigenvalue weighted by Crippen LogP contribution is -2.57. The molecular formula is C13H18ClN2+. The van der Waals surface area contributed by atoms with Crippen LogP contribution in [0.4, 0.5) is 0 Å². The Balaban J connectivity index is 1.75. The summed E-state index contributed by atoms with van der Waals surface area (Å²) in [4.78, 5) is 4.18. The standard InChI is InChI=1S/C13H18ClN2/c14-13-2-1-12(9-15-13)10-16-6-3-11(4-7-16)5-8-16/h1-2,9,11H,3-8,10H2/q+1. The molecule has 3 aliphatic heterocycles. The van der Waals surface area contributed by atoms with Gasteiger partial charge in [0, 0.05) is 11.8 Å². The summed E-state index contributed by atoms with van der Waals surface area (Å²) in [6.45, 7) is 5.25. The van der Waals surface area contributed by atoms with Crippen LogP contribution in [0, 0.1) is 5.92 Å². The maximum Gasteiger partial charge on any atom is 0.129 e. The summed E-state index contributed by atoms with van der Waals surface area (Å²) in [5.74, 6) is 1.03. The summed E-state index contributed by atoms with van der Waals surface area (Å²) in [5, 5.41) is 0.598. The number of rotatable bonds is 2. The highest BCUT2D eigenvalue weighted by atomic mass is 35.5. The highest BCUT2D eigenvalue weighted by Gasteiger charge is 2.39. The van der Waals surface area contributed by atoms with Crippen molar-refractivity contribution in [2.45, 2.75) is 25.8 Å². The quantitative estimate of drug-likeness (QED) is 0.570. The van der Waals surface area contributed by atoms with E-state index in [-0.39, 0.29) is 0 Å². The molecule has 3 heteroatoms. The number of aromatic nitrogens is 1. The fourth-order valence-corrected chi connectivity index (χ4v) is 3.37. The van der Waals surface area contributed by atoms with Gasteiger partial charge in [-0.3, -0.25) is 0 Å². The van der Waals surface area contributed by atoms with E-state index >= 15 is 0 Å². The molecule has 0 N–H and O–H groups in total. The molecule has 2 bridgehead atoms. The molecule has 0 atom stereocenters. The summed E-state index contributed by atoms with van der Waals surface area (Å²) >= 11 is 5.81. The summed E-state index contributed by atoms with van der Waals surface area (Å²) in [5.41, 5.74) is 1.34. The van der Waals surface area contributed by atoms with Crippen molar-refractivity contribution < 1.29 is 4.48 Å². The SMILES string of the molecule is Clc1ccc(C[N+]23CCC(CC2)CC3)cn1. The molecule has 0 saturated carbocycles. The molecule has 3 saturated heterocycles. The molecular weight excluding hydrogens is 220 g/mol. The molecule has 0 aromatic carbocycles. The average Bonchev–Trinajstić information content (AvgIpc) is 2.34. The molecule has 16 heavy (non-hydrogen) atoms. The minimum Gasteiger partial charge on any atom is -0.320 e. The molecule has 1 aromatic heterocycles. The van der Waals surface area contributed by atoms with Gasteiger partial charge in [-0.1, -0.05) is 11.6 Å². The largest absolute Gasteiger partial charge is 0.320 e. The van der Waals surface area contributed by atoms with E-state index in [0.717, 1.165) is 12.5 Å². The van der Waals surface area contributed by atoms with Crippen molar-refractivity contribution in [3.8, 4) is 0 Å². The minimum absolute atomic E-state index is 0.598. The Morgan fingerprint density at radius 1 is 1.19 bits per heavy atom. The monoisotopic (exact) mass is 237 g/mol. The van der Waals surface area contributed by atoms with Crippen LogP contribution in [0.2, 0.25) is 5.15 Å². The van der Waals surface area contributed by atoms with Crippen LogP contribution in [0.1, 0.15) is 24.8 Å². The molecule has 0 aliphatic carbocycles. The first-order valence-corrected chi connectivity index (χ1v) is 6.59. The van der Waals surface area contributed by atoms with Crippen molar-refractivity contribution in [2.75, 3.05) is 19.6 Å². The number of hydrogen-bond acceptors (Lipinski definition) is 1. The van der Waals surface area contributed by atoms with Gasteiger partial charge in [0.05, 0.1) is 19.6 Å². The van der Waals surface area contributed by atoms with Crippen LogP contribution in [-0.2, 0) is 6.54 Å². The molecule has 86 valence electrons. The van der Waals surface area contributed by atoms with Crippen LogP contribution in [0.5, 0.6) is 0 Å². The second-order valence-electron chi connectivity index (χ2n) is 5.39. The zero-order chi connectivity index (χ0) is 11.0. The third-order valence-electron chi connectivity index (χ3n) is 4.34. The lowest BCUT2D eigenvalue weighted by molar-refractivity contribution is -0.955. The summed E-state index contributed by atoms with van der Waals surface area (Å²) < 4.78 is 1.29. The van der Waals surface area contributed by atoms with Gasteiger partial charge in [0.1, 0.15) is 11.7 Å². The smallest absolute Gasteiger partial charge is 0.129 e. The van der Waals surface area contributed by atoms with Gasteiger partial charge >= 0.3 is 0 Å². The number of halogens is 1. The Bertz CT molecular complexity index is 352. The average molecular weight is 238 g/mol. The van der Waals surface area contributed by atoms with Gasteiger partial charge in [-0.05, 0) is 37.3 Å². The van der Waals surface area contributed by atoms with Crippen LogP contribution in [0.15, 0.2) is 18.3 Å². The normalized spacial score (nSPS) is 32.9. The molecule has 4 heterocycles. The van der Waals surface area contributed by atoms with Gasteiger partial charge in [-0.2, -0.15) is 0 Å². The Morgan fingerprint density at radius 2 is 1.88 bits per heavy atom. The van der Waals surface area contributed by atoms with Crippen LogP contribution >= 0.6 is 11.6 Å². The molecule has 0 radical (unpaired) electrons. The molecule has 3 fully saturated rings. The maximum atomic E-state index is 5.81. The van der Waals surface area contributed by atoms with E-state index in [1.54, 1.807) is 0 Å². The highest BCUT2D eigenvalue weighted by Crippen LogP contribution is 2.34. The lowest BCUT2D eigenvalue weighted by atomic mass is 9.85. The molecule has 2 nitrogen and oxygen atoms in total. The minimum atomic E-state index is 0.598. The zero-order valence-electron chi connectivity index (χ0n) is 9.53. The first kappa shape index (κ1) is 10.5. The molecule has 3 aliphatic rings. The third kappa shape index (κ3) is 1.96. The summed E-state index contributed by atoms with van der Waals surface area (Å²) in [6.07, 6.45) is 6.24. The van der Waals surface area contributed by atoms with Crippen molar-refractivity contribution >= 4 is 11.6 Å². The van der Waals surface area contributed by atoms with Gasteiger partial charge in [0.25, 0.3) is 0 Å². The molecule has 0 amide bonds. The molecule has 0 unspecified atom stereocenters. The van der Waals surface area contributed by atoms with E-state index in [9.17, 15) is 0 Å². The number of hydrogen-bond donors (Lipinski definition) is 0. The van der Waals surface area contributed by atoms with E-state index in [0.29, 0.717) is 5.15 Å². The van der Waals surface area contributed by atoms with E-state index < -0.39 is 0 Å². The number of piperidine rings is 3. The van der Waals surface area contributed by atoms with Gasteiger partial charge in [0.2, 0.25) is 0 Å². The number of quaternary nitrogens is 1. The second kappa shape index (κ2) is 4.01. The maximum absolute atomic E-state index is 5.81. The second-order valence-corrected chi connectivity index (χ2v) is 5.78. The van der Waals surface area contributed by atoms with Gasteiger partial charge < -0.3 is 4.48 Å². The highest BCUT2D eigenvalue weighted by molar-refractivity contribution is 6.29. The van der Waals surface area contributed by atoms with Crippen LogP contribution in [0.3, 0.4) is 0 Å². The Hall–Kier alpha value is -0.600. The number of pyridine rings is 1. The van der Waals surface area contributed by atoms with E-state index in [2.05, 4.69) is 11.1 Å². The third-order valence-corrected chi connectivity index (χ3v) is 4.57. The van der Waals surface area contributed by atoms with E-state index in [4.69, 9.17) is 11.6 Å². The van der Waals surface area contributed by atoms with Gasteiger partial charge in [-0.25, -0.2) is 4.98 Å². The first-order valence-electron chi connectivity index (χ1n) is 6.21. The lowest BCUT2D eigenvalue weighted by Gasteiger charge is -2.49. The van der Waals surface area contributed by atoms with Crippen molar-refractivity contribution in [1.29, 1.82) is 0 Å². The van der Waals surface area contributed by atoms with Crippen molar-refractivity contribution in [3.05, 3.63) is 29.0 Å². The Kier molecular flexibility index (Phi) is 2.64. The van der Waals surface area contributed by atoms with Crippen LogP contribution < -0.4 is 0 Å². The fourth-order valence-electron chi connectivity index (χ4n) is 3.26. The Labute approximate surface area is 102 Å². The first-order chi connectivity index (χ1) is 7.76. The fraction of sp³-hybridized carbons (Fsp3) is 0.615. The molecule has 1 aromatic rings. The number of nitrogens with zero attached hydrogens (tertiary/aromatic N) is 2. The topological polar surface area (TPSA) is 12.9 Å². The van der Waals surface area contributed by atoms with Crippen molar-refractivity contribution in [1.82, 2.24) is 4.98 Å². The predicted octanol–water partition coefficient (Wildman–Crippen LogP) is 2.87. The van der Waals surface area contributed by atoms with Crippen molar-refractivity contribution in [2.24, 2.45) is 5.92 Å². The van der Waals surface area contributed by atoms with E-state index in [1.165, 1.54) is 48.9 Å². The summed E-state index contributed by atoms with van der Waals surface area (Å²) in [7, 11) is 0. The van der Waals surface area contributed by atoms with Crippen LogP contribution in [-0.4, -0.2) is 29.1 Å². The van der Waals surface area contributed by atoms with Crippen LogP contribution in [0.25, 0.3) is 0 Å². The molecule has 0 spiro atoms. The summed E-state index contributed by atoms with van der Waals surface area (Å²) in [6, 6.07) is 4.04. The Morgan fingerprint density at radius 3 is 2.44 bits per heavy atom. The molecule has 4 rings (SSSR count). The zero-order valence-corrected chi connectivity index (χ0v) is 10.3. The predicted molar refractivity (Wildman–Crippen MR) is 65.2 cm³/mol. The van der Waals surface area contributed by atoms with Crippen molar-refractivity contribution in [3.63, 3.8) is 0 Å².